The van der Waals surface area contributed by atoms with E-state index in [-0.39, 0.29) is 0 Å². The molecule has 0 amide bonds. The van der Waals surface area contributed by atoms with E-state index in [2.05, 4.69) is 41.2 Å². The number of nitrogens with one attached hydrogen (secondary N) is 1. The van der Waals surface area contributed by atoms with E-state index >= 15 is 0 Å². The summed E-state index contributed by atoms with van der Waals surface area (Å²) in [5.41, 5.74) is 1.81. The highest BCUT2D eigenvalue weighted by Crippen LogP contribution is 2.37. The molecule has 2 heterocycles. The van der Waals surface area contributed by atoms with Gasteiger partial charge < -0.3 is 5.32 Å². The zero-order valence-electron chi connectivity index (χ0n) is 7.98. The van der Waals surface area contributed by atoms with Crippen LogP contribution in [0.4, 0.5) is 0 Å². The first-order valence-electron chi connectivity index (χ1n) is 4.59. The van der Waals surface area contributed by atoms with Crippen LogP contribution in [0, 0.1) is 0 Å². The summed E-state index contributed by atoms with van der Waals surface area (Å²) >= 11 is 5.45. The average molecular weight is 260 g/mol. The SMILES string of the molecule is CC1(C)CNCCc2cc(Br)sc21. The van der Waals surface area contributed by atoms with E-state index in [0.717, 1.165) is 13.1 Å². The third-order valence-corrected chi connectivity index (χ3v) is 4.58. The van der Waals surface area contributed by atoms with Gasteiger partial charge in [0.05, 0.1) is 3.79 Å². The van der Waals surface area contributed by atoms with Gasteiger partial charge in [-0.05, 0) is 40.5 Å². The molecule has 0 aromatic carbocycles. The van der Waals surface area contributed by atoms with E-state index in [1.165, 1.54) is 15.8 Å². The molecule has 0 unspecified atom stereocenters. The lowest BCUT2D eigenvalue weighted by atomic mass is 9.89. The molecule has 0 atom stereocenters. The smallest absolute Gasteiger partial charge is 0.0704 e. The van der Waals surface area contributed by atoms with Gasteiger partial charge in [-0.2, -0.15) is 0 Å². The zero-order chi connectivity index (χ0) is 9.47. The van der Waals surface area contributed by atoms with Crippen LogP contribution in [0.1, 0.15) is 24.3 Å². The lowest BCUT2D eigenvalue weighted by Crippen LogP contribution is -2.30. The lowest BCUT2D eigenvalue weighted by Gasteiger charge is -2.22. The highest BCUT2D eigenvalue weighted by molar-refractivity contribution is 9.11. The third kappa shape index (κ3) is 1.83. The molecule has 72 valence electrons. The summed E-state index contributed by atoms with van der Waals surface area (Å²) in [5.74, 6) is 0. The van der Waals surface area contributed by atoms with Crippen molar-refractivity contribution in [1.82, 2.24) is 5.32 Å². The predicted octanol–water partition coefficient (Wildman–Crippen LogP) is 2.93. The second kappa shape index (κ2) is 3.37. The Balaban J connectivity index is 2.47. The van der Waals surface area contributed by atoms with Crippen LogP contribution in [0.25, 0.3) is 0 Å². The first-order valence-corrected chi connectivity index (χ1v) is 6.20. The second-order valence-corrected chi connectivity index (χ2v) is 6.65. The monoisotopic (exact) mass is 259 g/mol. The molecule has 1 N–H and O–H groups in total. The summed E-state index contributed by atoms with van der Waals surface area (Å²) in [6, 6.07) is 2.27. The largest absolute Gasteiger partial charge is 0.316 e. The minimum Gasteiger partial charge on any atom is -0.316 e. The topological polar surface area (TPSA) is 12.0 Å². The van der Waals surface area contributed by atoms with Gasteiger partial charge >= 0.3 is 0 Å². The van der Waals surface area contributed by atoms with Gasteiger partial charge in [-0.25, -0.2) is 0 Å². The molecule has 0 spiro atoms. The maximum absolute atomic E-state index is 3.57. The number of fused-ring (bicyclic) bond motifs is 1. The highest BCUT2D eigenvalue weighted by atomic mass is 79.9. The predicted molar refractivity (Wildman–Crippen MR) is 61.6 cm³/mol. The molecule has 0 aliphatic carbocycles. The number of hydrogen-bond donors (Lipinski definition) is 1. The highest BCUT2D eigenvalue weighted by Gasteiger charge is 2.27. The molecule has 13 heavy (non-hydrogen) atoms. The Morgan fingerprint density at radius 1 is 1.54 bits per heavy atom. The molecule has 1 aromatic rings. The van der Waals surface area contributed by atoms with E-state index in [0.29, 0.717) is 5.41 Å². The van der Waals surface area contributed by atoms with Crippen LogP contribution in [-0.4, -0.2) is 13.1 Å². The van der Waals surface area contributed by atoms with Gasteiger partial charge in [0.25, 0.3) is 0 Å². The maximum Gasteiger partial charge on any atom is 0.0704 e. The van der Waals surface area contributed by atoms with Crippen LogP contribution < -0.4 is 5.32 Å². The standard InChI is InChI=1S/C10H14BrNS/c1-10(2)6-12-4-3-7-5-8(11)13-9(7)10/h5,12H,3-4,6H2,1-2H3. The van der Waals surface area contributed by atoms with E-state index in [1.807, 2.05) is 11.3 Å². The fraction of sp³-hybridized carbons (Fsp3) is 0.600. The van der Waals surface area contributed by atoms with Crippen LogP contribution in [-0.2, 0) is 11.8 Å². The average Bonchev–Trinajstić information content (AvgIpc) is 2.36. The number of rotatable bonds is 0. The number of thiophene rings is 1. The van der Waals surface area contributed by atoms with Crippen molar-refractivity contribution in [2.45, 2.75) is 25.7 Å². The van der Waals surface area contributed by atoms with Gasteiger partial charge in [0, 0.05) is 16.8 Å². The summed E-state index contributed by atoms with van der Waals surface area (Å²) in [7, 11) is 0. The third-order valence-electron chi connectivity index (χ3n) is 2.53. The Morgan fingerprint density at radius 2 is 2.31 bits per heavy atom. The molecular formula is C10H14BrNS. The number of halogens is 1. The van der Waals surface area contributed by atoms with E-state index < -0.39 is 0 Å². The molecule has 0 saturated carbocycles. The van der Waals surface area contributed by atoms with Crippen molar-refractivity contribution >= 4 is 27.3 Å². The van der Waals surface area contributed by atoms with Gasteiger partial charge in [-0.3, -0.25) is 0 Å². The summed E-state index contributed by atoms with van der Waals surface area (Å²) in [5, 5.41) is 3.48. The molecule has 1 aromatic heterocycles. The van der Waals surface area contributed by atoms with Crippen LogP contribution in [0.2, 0.25) is 0 Å². The molecule has 1 nitrogen and oxygen atoms in total. The molecular weight excluding hydrogens is 246 g/mol. The van der Waals surface area contributed by atoms with Crippen molar-refractivity contribution < 1.29 is 0 Å². The maximum atomic E-state index is 3.57. The van der Waals surface area contributed by atoms with Crippen LogP contribution in [0.15, 0.2) is 9.85 Å². The van der Waals surface area contributed by atoms with Crippen LogP contribution in [0.5, 0.6) is 0 Å². The number of hydrogen-bond acceptors (Lipinski definition) is 2. The molecule has 0 saturated heterocycles. The molecule has 0 bridgehead atoms. The molecule has 3 heteroatoms. The van der Waals surface area contributed by atoms with Crippen molar-refractivity contribution in [2.75, 3.05) is 13.1 Å². The van der Waals surface area contributed by atoms with Crippen LogP contribution in [0.3, 0.4) is 0 Å². The van der Waals surface area contributed by atoms with Crippen LogP contribution >= 0.6 is 27.3 Å². The first kappa shape index (κ1) is 9.69. The Bertz CT molecular complexity index is 317. The minimum atomic E-state index is 0.294. The first-order chi connectivity index (χ1) is 6.09. The van der Waals surface area contributed by atoms with Crippen molar-refractivity contribution in [3.8, 4) is 0 Å². The lowest BCUT2D eigenvalue weighted by molar-refractivity contribution is 0.496. The zero-order valence-corrected chi connectivity index (χ0v) is 10.4. The molecule has 2 rings (SSSR count). The Kier molecular flexibility index (Phi) is 2.51. The van der Waals surface area contributed by atoms with Crippen molar-refractivity contribution in [3.63, 3.8) is 0 Å². The second-order valence-electron chi connectivity index (χ2n) is 4.22. The quantitative estimate of drug-likeness (QED) is 0.756. The van der Waals surface area contributed by atoms with E-state index in [4.69, 9.17) is 0 Å². The van der Waals surface area contributed by atoms with Crippen molar-refractivity contribution in [1.29, 1.82) is 0 Å². The van der Waals surface area contributed by atoms with Gasteiger partial charge in [-0.1, -0.05) is 13.8 Å². The van der Waals surface area contributed by atoms with Gasteiger partial charge in [0.1, 0.15) is 0 Å². The molecule has 1 aliphatic rings. The Morgan fingerprint density at radius 3 is 3.08 bits per heavy atom. The van der Waals surface area contributed by atoms with Crippen molar-refractivity contribution in [3.05, 3.63) is 20.3 Å². The normalized spacial score (nSPS) is 20.8. The fourth-order valence-electron chi connectivity index (χ4n) is 1.86. The van der Waals surface area contributed by atoms with Gasteiger partial charge in [0.2, 0.25) is 0 Å². The van der Waals surface area contributed by atoms with E-state index in [9.17, 15) is 0 Å². The Hall–Kier alpha value is 0.140. The summed E-state index contributed by atoms with van der Waals surface area (Å²) < 4.78 is 1.27. The minimum absolute atomic E-state index is 0.294. The van der Waals surface area contributed by atoms with E-state index in [1.54, 1.807) is 4.88 Å². The molecule has 0 fully saturated rings. The Labute approximate surface area is 91.7 Å². The van der Waals surface area contributed by atoms with Gasteiger partial charge in [-0.15, -0.1) is 11.3 Å². The summed E-state index contributed by atoms with van der Waals surface area (Å²) in [6.07, 6.45) is 1.17. The molecule has 0 radical (unpaired) electrons. The summed E-state index contributed by atoms with van der Waals surface area (Å²) in [4.78, 5) is 1.55. The molecule has 1 aliphatic heterocycles. The van der Waals surface area contributed by atoms with Crippen molar-refractivity contribution in [2.24, 2.45) is 0 Å². The fourth-order valence-corrected chi connectivity index (χ4v) is 3.66. The summed E-state index contributed by atoms with van der Waals surface area (Å²) in [6.45, 7) is 6.83. The van der Waals surface area contributed by atoms with Gasteiger partial charge in [0.15, 0.2) is 0 Å².